The first-order chi connectivity index (χ1) is 6.24. The third kappa shape index (κ3) is 3.63. The molecule has 1 unspecified atom stereocenters. The summed E-state index contributed by atoms with van der Waals surface area (Å²) in [4.78, 5) is 2.30. The fraction of sp³-hybridized carbons (Fsp3) is 1.00. The van der Waals surface area contributed by atoms with E-state index in [0.717, 1.165) is 19.5 Å². The molecule has 1 saturated carbocycles. The van der Waals surface area contributed by atoms with Crippen molar-refractivity contribution in [2.75, 3.05) is 19.7 Å². The van der Waals surface area contributed by atoms with E-state index in [0.29, 0.717) is 6.04 Å². The van der Waals surface area contributed by atoms with E-state index in [1.807, 2.05) is 6.92 Å². The highest BCUT2D eigenvalue weighted by atomic mass is 16.3. The molecule has 13 heavy (non-hydrogen) atoms. The zero-order chi connectivity index (χ0) is 9.68. The molecule has 0 radical (unpaired) electrons. The Hall–Kier alpha value is -0.120. The van der Waals surface area contributed by atoms with Gasteiger partial charge in [0.15, 0.2) is 0 Å². The molecule has 0 aromatic carbocycles. The second-order valence-corrected chi connectivity index (χ2v) is 3.98. The van der Waals surface area contributed by atoms with Crippen molar-refractivity contribution in [2.45, 2.75) is 44.8 Å². The van der Waals surface area contributed by atoms with Gasteiger partial charge in [0, 0.05) is 19.1 Å². The Balaban J connectivity index is 2.20. The lowest BCUT2D eigenvalue weighted by atomic mass is 9.91. The van der Waals surface area contributed by atoms with E-state index in [4.69, 9.17) is 10.2 Å². The SMILES string of the molecule is CC(O)CCN(CCO)C1CCC1. The Morgan fingerprint density at radius 3 is 2.46 bits per heavy atom. The lowest BCUT2D eigenvalue weighted by molar-refractivity contribution is 0.0808. The Bertz CT molecular complexity index is 135. The van der Waals surface area contributed by atoms with Crippen LogP contribution in [0.15, 0.2) is 0 Å². The fourth-order valence-electron chi connectivity index (χ4n) is 1.71. The van der Waals surface area contributed by atoms with E-state index >= 15 is 0 Å². The molecule has 0 heterocycles. The number of aliphatic hydroxyl groups is 2. The predicted octanol–water partition coefficient (Wildman–Crippen LogP) is 0.604. The van der Waals surface area contributed by atoms with Crippen molar-refractivity contribution in [3.05, 3.63) is 0 Å². The van der Waals surface area contributed by atoms with Crippen LogP contribution >= 0.6 is 0 Å². The quantitative estimate of drug-likeness (QED) is 0.640. The number of aliphatic hydroxyl groups excluding tert-OH is 2. The van der Waals surface area contributed by atoms with Crippen LogP contribution < -0.4 is 0 Å². The highest BCUT2D eigenvalue weighted by Crippen LogP contribution is 2.24. The van der Waals surface area contributed by atoms with Gasteiger partial charge in [-0.1, -0.05) is 6.42 Å². The molecule has 2 N–H and O–H groups in total. The molecule has 78 valence electrons. The molecule has 1 aliphatic rings. The van der Waals surface area contributed by atoms with E-state index in [1.165, 1.54) is 19.3 Å². The molecule has 1 atom stereocenters. The first-order valence-electron chi connectivity index (χ1n) is 5.27. The van der Waals surface area contributed by atoms with Crippen LogP contribution in [0, 0.1) is 0 Å². The largest absolute Gasteiger partial charge is 0.395 e. The van der Waals surface area contributed by atoms with E-state index in [2.05, 4.69) is 4.90 Å². The monoisotopic (exact) mass is 187 g/mol. The molecule has 0 aromatic heterocycles. The summed E-state index contributed by atoms with van der Waals surface area (Å²) < 4.78 is 0. The third-order valence-electron chi connectivity index (χ3n) is 2.81. The van der Waals surface area contributed by atoms with Gasteiger partial charge >= 0.3 is 0 Å². The molecule has 3 nitrogen and oxygen atoms in total. The molecule has 0 spiro atoms. The average Bonchev–Trinajstić information content (AvgIpc) is 1.97. The molecular weight excluding hydrogens is 166 g/mol. The standard InChI is InChI=1S/C10H21NO2/c1-9(13)5-6-11(7-8-12)10-3-2-4-10/h9-10,12-13H,2-8H2,1H3. The van der Waals surface area contributed by atoms with Crippen molar-refractivity contribution in [3.63, 3.8) is 0 Å². The number of hydrogen-bond donors (Lipinski definition) is 2. The molecule has 0 aromatic rings. The van der Waals surface area contributed by atoms with Crippen LogP contribution in [-0.2, 0) is 0 Å². The van der Waals surface area contributed by atoms with Gasteiger partial charge in [-0.15, -0.1) is 0 Å². The van der Waals surface area contributed by atoms with Crippen molar-refractivity contribution < 1.29 is 10.2 Å². The maximum Gasteiger partial charge on any atom is 0.0558 e. The van der Waals surface area contributed by atoms with Crippen LogP contribution in [0.3, 0.4) is 0 Å². The summed E-state index contributed by atoms with van der Waals surface area (Å²) in [6.07, 6.45) is 4.44. The van der Waals surface area contributed by atoms with Gasteiger partial charge in [-0.05, 0) is 26.2 Å². The lowest BCUT2D eigenvalue weighted by Crippen LogP contribution is -2.42. The van der Waals surface area contributed by atoms with E-state index in [9.17, 15) is 0 Å². The second kappa shape index (κ2) is 5.58. The summed E-state index contributed by atoms with van der Waals surface area (Å²) >= 11 is 0. The molecule has 0 saturated heterocycles. The minimum atomic E-state index is -0.221. The van der Waals surface area contributed by atoms with Gasteiger partial charge in [-0.25, -0.2) is 0 Å². The summed E-state index contributed by atoms with van der Waals surface area (Å²) in [6, 6.07) is 0.672. The highest BCUT2D eigenvalue weighted by molar-refractivity contribution is 4.80. The van der Waals surface area contributed by atoms with Crippen molar-refractivity contribution in [1.29, 1.82) is 0 Å². The number of nitrogens with zero attached hydrogens (tertiary/aromatic N) is 1. The van der Waals surface area contributed by atoms with Crippen molar-refractivity contribution in [3.8, 4) is 0 Å². The highest BCUT2D eigenvalue weighted by Gasteiger charge is 2.24. The molecule has 0 amide bonds. The normalized spacial score (nSPS) is 20.3. The minimum Gasteiger partial charge on any atom is -0.395 e. The van der Waals surface area contributed by atoms with E-state index in [1.54, 1.807) is 0 Å². The number of hydrogen-bond acceptors (Lipinski definition) is 3. The summed E-state index contributed by atoms with van der Waals surface area (Å²) in [7, 11) is 0. The van der Waals surface area contributed by atoms with Crippen molar-refractivity contribution in [1.82, 2.24) is 4.90 Å². The van der Waals surface area contributed by atoms with Crippen molar-refractivity contribution >= 4 is 0 Å². The van der Waals surface area contributed by atoms with E-state index in [-0.39, 0.29) is 12.7 Å². The van der Waals surface area contributed by atoms with Crippen LogP contribution in [0.4, 0.5) is 0 Å². The maximum atomic E-state index is 9.15. The Labute approximate surface area is 80.4 Å². The van der Waals surface area contributed by atoms with Gasteiger partial charge in [0.25, 0.3) is 0 Å². The van der Waals surface area contributed by atoms with Gasteiger partial charge in [0.2, 0.25) is 0 Å². The first-order valence-corrected chi connectivity index (χ1v) is 5.27. The lowest BCUT2D eigenvalue weighted by Gasteiger charge is -2.37. The first kappa shape index (κ1) is 11.0. The van der Waals surface area contributed by atoms with Gasteiger partial charge in [-0.2, -0.15) is 0 Å². The summed E-state index contributed by atoms with van der Waals surface area (Å²) in [5.41, 5.74) is 0. The summed E-state index contributed by atoms with van der Waals surface area (Å²) in [5.74, 6) is 0. The summed E-state index contributed by atoms with van der Waals surface area (Å²) in [5, 5.41) is 18.0. The molecule has 0 aliphatic heterocycles. The molecular formula is C10H21NO2. The molecule has 1 fully saturated rings. The van der Waals surface area contributed by atoms with Gasteiger partial charge < -0.3 is 10.2 Å². The number of rotatable bonds is 6. The van der Waals surface area contributed by atoms with E-state index < -0.39 is 0 Å². The zero-order valence-corrected chi connectivity index (χ0v) is 8.45. The molecule has 1 aliphatic carbocycles. The fourth-order valence-corrected chi connectivity index (χ4v) is 1.71. The second-order valence-electron chi connectivity index (χ2n) is 3.98. The Kier molecular flexibility index (Phi) is 4.70. The average molecular weight is 187 g/mol. The van der Waals surface area contributed by atoms with Gasteiger partial charge in [0.1, 0.15) is 0 Å². The van der Waals surface area contributed by atoms with Crippen LogP contribution in [0.2, 0.25) is 0 Å². The third-order valence-corrected chi connectivity index (χ3v) is 2.81. The van der Waals surface area contributed by atoms with Crippen LogP contribution in [0.5, 0.6) is 0 Å². The van der Waals surface area contributed by atoms with Crippen molar-refractivity contribution in [2.24, 2.45) is 0 Å². The topological polar surface area (TPSA) is 43.7 Å². The van der Waals surface area contributed by atoms with Crippen LogP contribution in [-0.4, -0.2) is 47.0 Å². The van der Waals surface area contributed by atoms with Gasteiger partial charge in [0.05, 0.1) is 12.7 Å². The zero-order valence-electron chi connectivity index (χ0n) is 8.45. The van der Waals surface area contributed by atoms with Crippen LogP contribution in [0.1, 0.15) is 32.6 Å². The smallest absolute Gasteiger partial charge is 0.0558 e. The predicted molar refractivity (Wildman–Crippen MR) is 52.6 cm³/mol. The minimum absolute atomic E-state index is 0.221. The maximum absolute atomic E-state index is 9.15. The molecule has 0 bridgehead atoms. The van der Waals surface area contributed by atoms with Crippen LogP contribution in [0.25, 0.3) is 0 Å². The summed E-state index contributed by atoms with van der Waals surface area (Å²) in [6.45, 7) is 3.73. The Morgan fingerprint density at radius 2 is 2.08 bits per heavy atom. The Morgan fingerprint density at radius 1 is 1.38 bits per heavy atom. The molecule has 3 heteroatoms. The van der Waals surface area contributed by atoms with Gasteiger partial charge in [-0.3, -0.25) is 4.90 Å². The molecule has 1 rings (SSSR count).